The number of nitrogens with one attached hydrogen (secondary N) is 1. The van der Waals surface area contributed by atoms with Crippen LogP contribution in [0.3, 0.4) is 0 Å². The first kappa shape index (κ1) is 19.4. The number of nitrogens with two attached hydrogens (primary N) is 1. The standard InChI is InChI=1S/C16H35N3O/c1-6-13(7-2)14(11-12-17)18-16(9-4,10-5)15(8-3)19-20/h13-14,18,20H,6-12,17H2,1-5H3. The van der Waals surface area contributed by atoms with Gasteiger partial charge in [-0.1, -0.05) is 52.6 Å². The maximum Gasteiger partial charge on any atom is 0.0768 e. The number of oxime groups is 1. The molecule has 4 nitrogen and oxygen atoms in total. The van der Waals surface area contributed by atoms with Crippen molar-refractivity contribution in [1.29, 1.82) is 0 Å². The van der Waals surface area contributed by atoms with Crippen molar-refractivity contribution in [3.63, 3.8) is 0 Å². The molecule has 0 amide bonds. The van der Waals surface area contributed by atoms with Crippen LogP contribution in [0.1, 0.15) is 73.1 Å². The third-order valence-electron chi connectivity index (χ3n) is 4.77. The fraction of sp³-hybridized carbons (Fsp3) is 0.938. The first-order valence-electron chi connectivity index (χ1n) is 8.27. The molecule has 4 N–H and O–H groups in total. The second kappa shape index (κ2) is 10.2. The van der Waals surface area contributed by atoms with Crippen molar-refractivity contribution >= 4 is 5.71 Å². The minimum Gasteiger partial charge on any atom is -0.411 e. The van der Waals surface area contributed by atoms with Crippen LogP contribution in [-0.2, 0) is 0 Å². The van der Waals surface area contributed by atoms with E-state index in [1.54, 1.807) is 0 Å². The van der Waals surface area contributed by atoms with Crippen LogP contribution in [0.5, 0.6) is 0 Å². The molecule has 0 fully saturated rings. The maximum absolute atomic E-state index is 9.34. The minimum atomic E-state index is -0.202. The molecule has 0 heterocycles. The van der Waals surface area contributed by atoms with Gasteiger partial charge >= 0.3 is 0 Å². The van der Waals surface area contributed by atoms with E-state index in [1.165, 1.54) is 0 Å². The average Bonchev–Trinajstić information content (AvgIpc) is 2.48. The van der Waals surface area contributed by atoms with Crippen molar-refractivity contribution in [2.75, 3.05) is 6.54 Å². The molecule has 0 aliphatic heterocycles. The molecule has 0 aromatic heterocycles. The Morgan fingerprint density at radius 3 is 2.00 bits per heavy atom. The maximum atomic E-state index is 9.34. The Morgan fingerprint density at radius 1 is 1.15 bits per heavy atom. The lowest BCUT2D eigenvalue weighted by molar-refractivity contribution is 0.244. The fourth-order valence-corrected chi connectivity index (χ4v) is 3.27. The summed E-state index contributed by atoms with van der Waals surface area (Å²) in [6, 6.07) is 0.387. The molecule has 0 bridgehead atoms. The minimum absolute atomic E-state index is 0.202. The summed E-state index contributed by atoms with van der Waals surface area (Å²) in [5, 5.41) is 16.7. The van der Waals surface area contributed by atoms with Crippen LogP contribution in [0.2, 0.25) is 0 Å². The molecule has 0 rings (SSSR count). The summed E-state index contributed by atoms with van der Waals surface area (Å²) in [5.74, 6) is 0.618. The van der Waals surface area contributed by atoms with Crippen LogP contribution < -0.4 is 11.1 Å². The van der Waals surface area contributed by atoms with E-state index in [1.807, 2.05) is 6.92 Å². The Balaban J connectivity index is 5.27. The third kappa shape index (κ3) is 4.74. The molecule has 1 atom stereocenters. The van der Waals surface area contributed by atoms with Crippen molar-refractivity contribution in [2.24, 2.45) is 16.8 Å². The van der Waals surface area contributed by atoms with Gasteiger partial charge in [-0.05, 0) is 38.1 Å². The van der Waals surface area contributed by atoms with Crippen molar-refractivity contribution < 1.29 is 5.21 Å². The van der Waals surface area contributed by atoms with Gasteiger partial charge in [0.15, 0.2) is 0 Å². The van der Waals surface area contributed by atoms with E-state index in [9.17, 15) is 5.21 Å². The summed E-state index contributed by atoms with van der Waals surface area (Å²) in [6.07, 6.45) is 5.89. The molecular weight excluding hydrogens is 250 g/mol. The summed E-state index contributed by atoms with van der Waals surface area (Å²) < 4.78 is 0. The van der Waals surface area contributed by atoms with Gasteiger partial charge in [0.2, 0.25) is 0 Å². The summed E-state index contributed by atoms with van der Waals surface area (Å²) in [6.45, 7) is 11.5. The predicted octanol–water partition coefficient (Wildman–Crippen LogP) is 3.53. The second-order valence-electron chi connectivity index (χ2n) is 5.59. The molecule has 0 spiro atoms. The van der Waals surface area contributed by atoms with Crippen LogP contribution in [0.15, 0.2) is 5.16 Å². The monoisotopic (exact) mass is 285 g/mol. The summed E-state index contributed by atoms with van der Waals surface area (Å²) in [7, 11) is 0. The lowest BCUT2D eigenvalue weighted by atomic mass is 9.82. The van der Waals surface area contributed by atoms with E-state index in [-0.39, 0.29) is 5.54 Å². The molecular formula is C16H35N3O. The van der Waals surface area contributed by atoms with Gasteiger partial charge in [0, 0.05) is 6.04 Å². The van der Waals surface area contributed by atoms with Crippen LogP contribution >= 0.6 is 0 Å². The Hall–Kier alpha value is -0.610. The van der Waals surface area contributed by atoms with Crippen molar-refractivity contribution in [1.82, 2.24) is 5.32 Å². The molecule has 20 heavy (non-hydrogen) atoms. The molecule has 0 saturated carbocycles. The van der Waals surface area contributed by atoms with Gasteiger partial charge in [-0.25, -0.2) is 0 Å². The van der Waals surface area contributed by atoms with Crippen LogP contribution in [0, 0.1) is 5.92 Å². The van der Waals surface area contributed by atoms with Crippen LogP contribution in [-0.4, -0.2) is 29.0 Å². The van der Waals surface area contributed by atoms with Crippen molar-refractivity contribution in [3.05, 3.63) is 0 Å². The van der Waals surface area contributed by atoms with E-state index in [0.717, 1.165) is 44.2 Å². The van der Waals surface area contributed by atoms with E-state index >= 15 is 0 Å². The van der Waals surface area contributed by atoms with Gasteiger partial charge in [-0.3, -0.25) is 0 Å². The number of hydrogen-bond donors (Lipinski definition) is 3. The Kier molecular flexibility index (Phi) is 9.86. The molecule has 1 unspecified atom stereocenters. The molecule has 0 aliphatic carbocycles. The van der Waals surface area contributed by atoms with Gasteiger partial charge < -0.3 is 16.3 Å². The first-order valence-corrected chi connectivity index (χ1v) is 8.27. The summed E-state index contributed by atoms with van der Waals surface area (Å²) >= 11 is 0. The topological polar surface area (TPSA) is 70.6 Å². The Bertz CT molecular complexity index is 271. The molecule has 0 aromatic carbocycles. The Labute approximate surface area is 125 Å². The smallest absolute Gasteiger partial charge is 0.0768 e. The largest absolute Gasteiger partial charge is 0.411 e. The van der Waals surface area contributed by atoms with Gasteiger partial charge in [0.05, 0.1) is 11.3 Å². The number of nitrogens with zero attached hydrogens (tertiary/aromatic N) is 1. The van der Waals surface area contributed by atoms with Gasteiger partial charge in [0.25, 0.3) is 0 Å². The lowest BCUT2D eigenvalue weighted by Crippen LogP contribution is -2.57. The molecule has 0 saturated heterocycles. The Morgan fingerprint density at radius 2 is 1.70 bits per heavy atom. The van der Waals surface area contributed by atoms with Gasteiger partial charge in [-0.2, -0.15) is 0 Å². The summed E-state index contributed by atoms with van der Waals surface area (Å²) in [4.78, 5) is 0. The average molecular weight is 285 g/mol. The highest BCUT2D eigenvalue weighted by molar-refractivity contribution is 5.92. The van der Waals surface area contributed by atoms with Crippen LogP contribution in [0.25, 0.3) is 0 Å². The second-order valence-corrected chi connectivity index (χ2v) is 5.59. The van der Waals surface area contributed by atoms with E-state index < -0.39 is 0 Å². The number of rotatable bonds is 11. The normalized spacial score (nSPS) is 14.8. The van der Waals surface area contributed by atoms with Crippen molar-refractivity contribution in [3.8, 4) is 0 Å². The molecule has 0 aromatic rings. The predicted molar refractivity (Wildman–Crippen MR) is 87.5 cm³/mol. The lowest BCUT2D eigenvalue weighted by Gasteiger charge is -2.40. The third-order valence-corrected chi connectivity index (χ3v) is 4.77. The summed E-state index contributed by atoms with van der Waals surface area (Å²) in [5.41, 5.74) is 6.45. The zero-order valence-electron chi connectivity index (χ0n) is 14.1. The van der Waals surface area contributed by atoms with E-state index in [2.05, 4.69) is 38.2 Å². The van der Waals surface area contributed by atoms with Gasteiger partial charge in [0.1, 0.15) is 0 Å². The highest BCUT2D eigenvalue weighted by atomic mass is 16.4. The molecule has 0 aliphatic rings. The van der Waals surface area contributed by atoms with Gasteiger partial charge in [-0.15, -0.1) is 0 Å². The van der Waals surface area contributed by atoms with Crippen LogP contribution in [0.4, 0.5) is 0 Å². The molecule has 0 radical (unpaired) electrons. The fourth-order valence-electron chi connectivity index (χ4n) is 3.27. The van der Waals surface area contributed by atoms with E-state index in [4.69, 9.17) is 5.73 Å². The van der Waals surface area contributed by atoms with E-state index in [0.29, 0.717) is 18.5 Å². The quantitative estimate of drug-likeness (QED) is 0.309. The molecule has 4 heteroatoms. The highest BCUT2D eigenvalue weighted by Crippen LogP contribution is 2.25. The highest BCUT2D eigenvalue weighted by Gasteiger charge is 2.35. The zero-order valence-corrected chi connectivity index (χ0v) is 14.1. The zero-order chi connectivity index (χ0) is 15.6. The SMILES string of the molecule is CCC(=NO)C(CC)(CC)NC(CCN)C(CC)CC. The molecule has 120 valence electrons. The number of hydrogen-bond acceptors (Lipinski definition) is 4. The van der Waals surface area contributed by atoms with Crippen molar-refractivity contribution in [2.45, 2.75) is 84.7 Å². The first-order chi connectivity index (χ1) is 9.58.